The van der Waals surface area contributed by atoms with Crippen LogP contribution in [0.15, 0.2) is 48.5 Å². The first-order valence-corrected chi connectivity index (χ1v) is 7.07. The van der Waals surface area contributed by atoms with Crippen LogP contribution in [0.3, 0.4) is 0 Å². The molecule has 0 unspecified atom stereocenters. The number of benzene rings is 2. The maximum atomic E-state index is 13.6. The lowest BCUT2D eigenvalue weighted by Gasteiger charge is -2.11. The van der Waals surface area contributed by atoms with Gasteiger partial charge in [-0.2, -0.15) is 0 Å². The Kier molecular flexibility index (Phi) is 5.56. The summed E-state index contributed by atoms with van der Waals surface area (Å²) in [5.74, 6) is 0.616. The molecule has 2 rings (SSSR count). The van der Waals surface area contributed by atoms with Crippen molar-refractivity contribution in [2.75, 3.05) is 6.54 Å². The average Bonchev–Trinajstić information content (AvgIpc) is 2.48. The van der Waals surface area contributed by atoms with Crippen LogP contribution in [-0.4, -0.2) is 6.54 Å². The number of para-hydroxylation sites is 1. The molecular weight excluding hydrogens is 253 g/mol. The summed E-state index contributed by atoms with van der Waals surface area (Å²) < 4.78 is 19.3. The maximum absolute atomic E-state index is 13.6. The van der Waals surface area contributed by atoms with E-state index in [1.807, 2.05) is 24.3 Å². The summed E-state index contributed by atoms with van der Waals surface area (Å²) >= 11 is 0. The Balaban J connectivity index is 2.00. The highest BCUT2D eigenvalue weighted by molar-refractivity contribution is 5.33. The first-order valence-electron chi connectivity index (χ1n) is 7.07. The summed E-state index contributed by atoms with van der Waals surface area (Å²) in [7, 11) is 0. The normalized spacial score (nSPS) is 10.5. The van der Waals surface area contributed by atoms with Gasteiger partial charge in [0.1, 0.15) is 24.7 Å². The van der Waals surface area contributed by atoms with Crippen molar-refractivity contribution in [3.63, 3.8) is 0 Å². The summed E-state index contributed by atoms with van der Waals surface area (Å²) in [6, 6.07) is 14.7. The summed E-state index contributed by atoms with van der Waals surface area (Å²) in [5.41, 5.74) is 1.73. The number of nitrogens with two attached hydrogens (primary N) is 1. The van der Waals surface area contributed by atoms with Crippen LogP contribution < -0.4 is 10.1 Å². The van der Waals surface area contributed by atoms with Gasteiger partial charge in [-0.05, 0) is 24.6 Å². The zero-order chi connectivity index (χ0) is 14.2. The molecule has 106 valence electrons. The van der Waals surface area contributed by atoms with Gasteiger partial charge in [0.2, 0.25) is 0 Å². The Labute approximate surface area is 119 Å². The highest BCUT2D eigenvalue weighted by atomic mass is 19.1. The molecule has 0 spiro atoms. The van der Waals surface area contributed by atoms with Gasteiger partial charge in [-0.15, -0.1) is 0 Å². The molecule has 0 aliphatic carbocycles. The molecule has 0 aliphatic heterocycles. The molecule has 0 fully saturated rings. The smallest absolute Gasteiger partial charge is 0.129 e. The fourth-order valence-electron chi connectivity index (χ4n) is 2.05. The number of quaternary nitrogens is 1. The maximum Gasteiger partial charge on any atom is 0.129 e. The van der Waals surface area contributed by atoms with Crippen molar-refractivity contribution in [2.24, 2.45) is 0 Å². The van der Waals surface area contributed by atoms with E-state index >= 15 is 0 Å². The topological polar surface area (TPSA) is 25.8 Å². The van der Waals surface area contributed by atoms with E-state index in [4.69, 9.17) is 4.74 Å². The van der Waals surface area contributed by atoms with E-state index in [2.05, 4.69) is 18.3 Å². The van der Waals surface area contributed by atoms with Crippen molar-refractivity contribution >= 4 is 0 Å². The molecule has 2 aromatic carbocycles. The molecule has 0 atom stereocenters. The Morgan fingerprint density at radius 1 is 1.00 bits per heavy atom. The van der Waals surface area contributed by atoms with Crippen molar-refractivity contribution in [1.29, 1.82) is 0 Å². The Hall–Kier alpha value is -1.87. The predicted octanol–water partition coefficient (Wildman–Crippen LogP) is 2.88. The number of hydrogen-bond acceptors (Lipinski definition) is 1. The Morgan fingerprint density at radius 3 is 2.45 bits per heavy atom. The fraction of sp³-hybridized carbons (Fsp3) is 0.294. The molecule has 0 radical (unpaired) electrons. The molecular formula is C17H21FNO+. The average molecular weight is 274 g/mol. The van der Waals surface area contributed by atoms with E-state index < -0.39 is 0 Å². The lowest BCUT2D eigenvalue weighted by Crippen LogP contribution is -2.82. The molecule has 0 amide bonds. The van der Waals surface area contributed by atoms with Gasteiger partial charge in [0.05, 0.1) is 6.54 Å². The van der Waals surface area contributed by atoms with E-state index in [1.54, 1.807) is 12.1 Å². The second kappa shape index (κ2) is 7.65. The highest BCUT2D eigenvalue weighted by Gasteiger charge is 2.06. The van der Waals surface area contributed by atoms with Crippen LogP contribution in [-0.2, 0) is 13.2 Å². The third-order valence-electron chi connectivity index (χ3n) is 3.17. The van der Waals surface area contributed by atoms with Gasteiger partial charge < -0.3 is 10.1 Å². The van der Waals surface area contributed by atoms with Crippen molar-refractivity contribution in [2.45, 2.75) is 26.5 Å². The van der Waals surface area contributed by atoms with Gasteiger partial charge >= 0.3 is 0 Å². The molecule has 3 heteroatoms. The third kappa shape index (κ3) is 4.07. The lowest BCUT2D eigenvalue weighted by atomic mass is 10.2. The van der Waals surface area contributed by atoms with Crippen molar-refractivity contribution in [3.05, 3.63) is 65.5 Å². The first kappa shape index (κ1) is 14.5. The molecule has 0 heterocycles. The van der Waals surface area contributed by atoms with Gasteiger partial charge in [0, 0.05) is 11.1 Å². The van der Waals surface area contributed by atoms with Crippen LogP contribution in [0.5, 0.6) is 5.75 Å². The number of halogens is 1. The molecule has 0 bridgehead atoms. The van der Waals surface area contributed by atoms with Crippen LogP contribution in [0.2, 0.25) is 0 Å². The molecule has 0 saturated carbocycles. The zero-order valence-corrected chi connectivity index (χ0v) is 11.8. The molecule has 2 aromatic rings. The minimum atomic E-state index is -0.220. The second-order valence-corrected chi connectivity index (χ2v) is 4.77. The summed E-state index contributed by atoms with van der Waals surface area (Å²) in [4.78, 5) is 0. The van der Waals surface area contributed by atoms with Crippen LogP contribution in [0, 0.1) is 5.82 Å². The lowest BCUT2D eigenvalue weighted by molar-refractivity contribution is -0.670. The minimum Gasteiger partial charge on any atom is -0.488 e. The van der Waals surface area contributed by atoms with Crippen LogP contribution in [0.4, 0.5) is 4.39 Å². The monoisotopic (exact) mass is 274 g/mol. The number of rotatable bonds is 7. The Morgan fingerprint density at radius 2 is 1.70 bits per heavy atom. The fourth-order valence-corrected chi connectivity index (χ4v) is 2.05. The number of hydrogen-bond donors (Lipinski definition) is 1. The zero-order valence-electron chi connectivity index (χ0n) is 11.8. The molecule has 0 aliphatic rings. The quantitative estimate of drug-likeness (QED) is 0.772. The second-order valence-electron chi connectivity index (χ2n) is 4.77. The first-order chi connectivity index (χ1) is 9.81. The number of ether oxygens (including phenoxy) is 1. The Bertz CT molecular complexity index is 542. The van der Waals surface area contributed by atoms with Gasteiger partial charge in [-0.3, -0.25) is 0 Å². The molecule has 0 saturated heterocycles. The van der Waals surface area contributed by atoms with Crippen molar-refractivity contribution < 1.29 is 14.4 Å². The molecule has 20 heavy (non-hydrogen) atoms. The summed E-state index contributed by atoms with van der Waals surface area (Å²) in [6.07, 6.45) is 1.15. The summed E-state index contributed by atoms with van der Waals surface area (Å²) in [5, 5.41) is 2.26. The van der Waals surface area contributed by atoms with Crippen LogP contribution in [0.25, 0.3) is 0 Å². The van der Waals surface area contributed by atoms with Gasteiger partial charge in [-0.25, -0.2) is 4.39 Å². The van der Waals surface area contributed by atoms with E-state index in [0.29, 0.717) is 5.56 Å². The summed E-state index contributed by atoms with van der Waals surface area (Å²) in [6.45, 7) is 4.41. The largest absolute Gasteiger partial charge is 0.488 e. The molecule has 0 aromatic heterocycles. The van der Waals surface area contributed by atoms with Gasteiger partial charge in [0.15, 0.2) is 0 Å². The molecule has 2 N–H and O–H groups in total. The minimum absolute atomic E-state index is 0.220. The van der Waals surface area contributed by atoms with E-state index in [1.165, 1.54) is 6.07 Å². The third-order valence-corrected chi connectivity index (χ3v) is 3.17. The van der Waals surface area contributed by atoms with E-state index in [-0.39, 0.29) is 12.4 Å². The van der Waals surface area contributed by atoms with Crippen LogP contribution in [0.1, 0.15) is 24.5 Å². The van der Waals surface area contributed by atoms with Gasteiger partial charge in [-0.1, -0.05) is 37.3 Å². The predicted molar refractivity (Wildman–Crippen MR) is 78.0 cm³/mol. The van der Waals surface area contributed by atoms with Crippen molar-refractivity contribution in [1.82, 2.24) is 0 Å². The van der Waals surface area contributed by atoms with E-state index in [0.717, 1.165) is 30.8 Å². The SMILES string of the molecule is CCC[NH2+]Cc1ccccc1OCc1ccccc1F. The van der Waals surface area contributed by atoms with E-state index in [9.17, 15) is 4.39 Å². The highest BCUT2D eigenvalue weighted by Crippen LogP contribution is 2.19. The standard InChI is InChI=1S/C17H20FNO/c1-2-11-19-12-14-7-4-6-10-17(14)20-13-15-8-3-5-9-16(15)18/h3-10,19H,2,11-13H2,1H3/p+1. The van der Waals surface area contributed by atoms with Crippen molar-refractivity contribution in [3.8, 4) is 5.75 Å². The van der Waals surface area contributed by atoms with Gasteiger partial charge in [0.25, 0.3) is 0 Å². The van der Waals surface area contributed by atoms with Crippen LogP contribution >= 0.6 is 0 Å². The molecule has 2 nitrogen and oxygen atoms in total.